The number of nitrogens with one attached hydrogen (secondary N) is 1. The van der Waals surface area contributed by atoms with Gasteiger partial charge in [0.25, 0.3) is 0 Å². The zero-order chi connectivity index (χ0) is 9.38. The Balaban J connectivity index is 1.43. The molecule has 1 N–H and O–H groups in total. The third-order valence-corrected chi connectivity index (χ3v) is 4.27. The molecule has 0 aromatic rings. The Hall–Kier alpha value is -0.0800. The first-order chi connectivity index (χ1) is 6.93. The molecule has 2 heteroatoms. The first-order valence-corrected chi connectivity index (χ1v) is 6.34. The fourth-order valence-electron chi connectivity index (χ4n) is 3.25. The molecule has 2 nitrogen and oxygen atoms in total. The van der Waals surface area contributed by atoms with Gasteiger partial charge in [0.1, 0.15) is 0 Å². The summed E-state index contributed by atoms with van der Waals surface area (Å²) in [5.41, 5.74) is 3.35. The SMILES string of the molecule is C1CCC(ONC2CCCC3CC32)C1. The van der Waals surface area contributed by atoms with Gasteiger partial charge in [-0.2, -0.15) is 5.48 Å². The van der Waals surface area contributed by atoms with Crippen LogP contribution in [0.25, 0.3) is 0 Å². The van der Waals surface area contributed by atoms with Crippen molar-refractivity contribution in [3.05, 3.63) is 0 Å². The Kier molecular flexibility index (Phi) is 2.50. The predicted octanol–water partition coefficient (Wildman–Crippen LogP) is 2.64. The largest absolute Gasteiger partial charge is 0.298 e. The van der Waals surface area contributed by atoms with Gasteiger partial charge in [0.15, 0.2) is 0 Å². The molecule has 14 heavy (non-hydrogen) atoms. The lowest BCUT2D eigenvalue weighted by Crippen LogP contribution is -2.36. The van der Waals surface area contributed by atoms with Crippen molar-refractivity contribution in [2.45, 2.75) is 63.5 Å². The summed E-state index contributed by atoms with van der Waals surface area (Å²) >= 11 is 0. The molecule has 3 saturated carbocycles. The standard InChI is InChI=1S/C12H21NO/c1-2-6-10(5-1)14-13-12-7-3-4-9-8-11(9)12/h9-13H,1-8H2. The van der Waals surface area contributed by atoms with Crippen molar-refractivity contribution in [1.29, 1.82) is 0 Å². The maximum Gasteiger partial charge on any atom is 0.0790 e. The van der Waals surface area contributed by atoms with Crippen molar-refractivity contribution in [2.24, 2.45) is 11.8 Å². The highest BCUT2D eigenvalue weighted by molar-refractivity contribution is 4.97. The highest BCUT2D eigenvalue weighted by Crippen LogP contribution is 2.49. The van der Waals surface area contributed by atoms with Gasteiger partial charge >= 0.3 is 0 Å². The van der Waals surface area contributed by atoms with Crippen molar-refractivity contribution < 1.29 is 4.84 Å². The van der Waals surface area contributed by atoms with E-state index in [1.165, 1.54) is 51.4 Å². The first kappa shape index (κ1) is 9.17. The summed E-state index contributed by atoms with van der Waals surface area (Å²) in [4.78, 5) is 5.79. The summed E-state index contributed by atoms with van der Waals surface area (Å²) in [6.07, 6.45) is 11.5. The molecule has 3 unspecified atom stereocenters. The Labute approximate surface area is 86.4 Å². The summed E-state index contributed by atoms with van der Waals surface area (Å²) in [5.74, 6) is 2.01. The molecule has 0 aromatic carbocycles. The van der Waals surface area contributed by atoms with Crippen LogP contribution in [0.3, 0.4) is 0 Å². The molecule has 0 saturated heterocycles. The van der Waals surface area contributed by atoms with Crippen LogP contribution >= 0.6 is 0 Å². The zero-order valence-electron chi connectivity index (χ0n) is 8.87. The first-order valence-electron chi connectivity index (χ1n) is 6.34. The average molecular weight is 195 g/mol. The smallest absolute Gasteiger partial charge is 0.0790 e. The highest BCUT2D eigenvalue weighted by atomic mass is 16.7. The molecule has 0 heterocycles. The van der Waals surface area contributed by atoms with Crippen LogP contribution in [0.5, 0.6) is 0 Å². The molecule has 0 spiro atoms. The summed E-state index contributed by atoms with van der Waals surface area (Å²) < 4.78 is 0. The second-order valence-corrected chi connectivity index (χ2v) is 5.34. The summed E-state index contributed by atoms with van der Waals surface area (Å²) in [5, 5.41) is 0. The van der Waals surface area contributed by atoms with Gasteiger partial charge in [-0.1, -0.05) is 25.7 Å². The summed E-state index contributed by atoms with van der Waals surface area (Å²) in [7, 11) is 0. The van der Waals surface area contributed by atoms with E-state index in [0.29, 0.717) is 12.1 Å². The topological polar surface area (TPSA) is 21.3 Å². The van der Waals surface area contributed by atoms with E-state index >= 15 is 0 Å². The zero-order valence-corrected chi connectivity index (χ0v) is 8.87. The normalized spacial score (nSPS) is 42.4. The van der Waals surface area contributed by atoms with Crippen LogP contribution in [-0.4, -0.2) is 12.1 Å². The number of fused-ring (bicyclic) bond motifs is 1. The Morgan fingerprint density at radius 3 is 2.64 bits per heavy atom. The minimum Gasteiger partial charge on any atom is -0.298 e. The lowest BCUT2D eigenvalue weighted by Gasteiger charge is -2.24. The van der Waals surface area contributed by atoms with Crippen molar-refractivity contribution in [2.75, 3.05) is 0 Å². The maximum atomic E-state index is 5.79. The van der Waals surface area contributed by atoms with Crippen molar-refractivity contribution in [3.63, 3.8) is 0 Å². The van der Waals surface area contributed by atoms with E-state index in [0.717, 1.165) is 11.8 Å². The molecule has 3 rings (SSSR count). The molecule has 80 valence electrons. The van der Waals surface area contributed by atoms with E-state index in [2.05, 4.69) is 5.48 Å². The molecule has 3 aliphatic carbocycles. The molecule has 0 amide bonds. The lowest BCUT2D eigenvalue weighted by atomic mass is 9.96. The van der Waals surface area contributed by atoms with Crippen LogP contribution in [0.4, 0.5) is 0 Å². The van der Waals surface area contributed by atoms with Crippen LogP contribution < -0.4 is 5.48 Å². The van der Waals surface area contributed by atoms with E-state index in [4.69, 9.17) is 4.84 Å². The molecule has 0 bridgehead atoms. The molecule has 3 aliphatic rings. The third kappa shape index (κ3) is 1.82. The molecule has 0 radical (unpaired) electrons. The lowest BCUT2D eigenvalue weighted by molar-refractivity contribution is -0.0490. The van der Waals surface area contributed by atoms with Crippen molar-refractivity contribution >= 4 is 0 Å². The summed E-state index contributed by atoms with van der Waals surface area (Å²) in [6, 6.07) is 0.689. The van der Waals surface area contributed by atoms with Gasteiger partial charge in [-0.05, 0) is 37.5 Å². The molecule has 3 atom stereocenters. The second kappa shape index (κ2) is 3.82. The Bertz CT molecular complexity index is 200. The van der Waals surface area contributed by atoms with E-state index in [9.17, 15) is 0 Å². The maximum absolute atomic E-state index is 5.79. The van der Waals surface area contributed by atoms with Crippen molar-refractivity contribution in [3.8, 4) is 0 Å². The van der Waals surface area contributed by atoms with Gasteiger partial charge in [-0.3, -0.25) is 4.84 Å². The van der Waals surface area contributed by atoms with Crippen molar-refractivity contribution in [1.82, 2.24) is 5.48 Å². The second-order valence-electron chi connectivity index (χ2n) is 5.34. The van der Waals surface area contributed by atoms with Crippen LogP contribution in [0.2, 0.25) is 0 Å². The van der Waals surface area contributed by atoms with Crippen LogP contribution in [0.15, 0.2) is 0 Å². The van der Waals surface area contributed by atoms with E-state index in [1.54, 1.807) is 0 Å². The molecule has 3 fully saturated rings. The van der Waals surface area contributed by atoms with Gasteiger partial charge in [-0.25, -0.2) is 0 Å². The average Bonchev–Trinajstić information content (AvgIpc) is 2.83. The monoisotopic (exact) mass is 195 g/mol. The predicted molar refractivity (Wildman–Crippen MR) is 55.7 cm³/mol. The highest BCUT2D eigenvalue weighted by Gasteiger charge is 2.45. The quantitative estimate of drug-likeness (QED) is 0.699. The van der Waals surface area contributed by atoms with Crippen LogP contribution in [-0.2, 0) is 4.84 Å². The summed E-state index contributed by atoms with van der Waals surface area (Å²) in [6.45, 7) is 0. The van der Waals surface area contributed by atoms with Gasteiger partial charge in [0, 0.05) is 6.04 Å². The van der Waals surface area contributed by atoms with Gasteiger partial charge in [-0.15, -0.1) is 0 Å². The number of hydrogen-bond donors (Lipinski definition) is 1. The fourth-order valence-corrected chi connectivity index (χ4v) is 3.25. The number of rotatable bonds is 3. The van der Waals surface area contributed by atoms with Gasteiger partial charge in [0.2, 0.25) is 0 Å². The Morgan fingerprint density at radius 1 is 0.929 bits per heavy atom. The number of hydroxylamine groups is 1. The fraction of sp³-hybridized carbons (Fsp3) is 1.00. The third-order valence-electron chi connectivity index (χ3n) is 4.27. The molecule has 0 aromatic heterocycles. The Morgan fingerprint density at radius 2 is 1.79 bits per heavy atom. The minimum absolute atomic E-state index is 0.522. The molecular formula is C12H21NO. The van der Waals surface area contributed by atoms with Crippen LogP contribution in [0.1, 0.15) is 51.4 Å². The number of hydrogen-bond acceptors (Lipinski definition) is 2. The van der Waals surface area contributed by atoms with Crippen LogP contribution in [0, 0.1) is 11.8 Å². The van der Waals surface area contributed by atoms with Gasteiger partial charge in [0.05, 0.1) is 6.10 Å². The molecular weight excluding hydrogens is 174 g/mol. The van der Waals surface area contributed by atoms with E-state index < -0.39 is 0 Å². The minimum atomic E-state index is 0.522. The van der Waals surface area contributed by atoms with Gasteiger partial charge < -0.3 is 0 Å². The van der Waals surface area contributed by atoms with E-state index in [-0.39, 0.29) is 0 Å². The van der Waals surface area contributed by atoms with E-state index in [1.807, 2.05) is 0 Å². The molecule has 0 aliphatic heterocycles.